The quantitative estimate of drug-likeness (QED) is 0.621. The molecule has 0 radical (unpaired) electrons. The number of hydrogen-bond acceptors (Lipinski definition) is 4. The number of carbonyl (C=O) groups is 3. The van der Waals surface area contributed by atoms with Crippen LogP contribution in [0, 0.1) is 19.3 Å². The molecule has 1 aromatic carbocycles. The Morgan fingerprint density at radius 3 is 1.67 bits per heavy atom. The Kier molecular flexibility index (Phi) is 10.9. The van der Waals surface area contributed by atoms with E-state index in [0.717, 1.165) is 23.7 Å². The summed E-state index contributed by atoms with van der Waals surface area (Å²) in [7, 11) is 0. The third-order valence-electron chi connectivity index (χ3n) is 1.91. The van der Waals surface area contributed by atoms with Crippen molar-refractivity contribution in [3.63, 3.8) is 0 Å². The van der Waals surface area contributed by atoms with Crippen LogP contribution in [0.1, 0.15) is 25.0 Å². The van der Waals surface area contributed by atoms with Gasteiger partial charge in [-0.2, -0.15) is 0 Å². The van der Waals surface area contributed by atoms with Gasteiger partial charge in [0, 0.05) is 19.5 Å². The second-order valence-corrected chi connectivity index (χ2v) is 3.95. The van der Waals surface area contributed by atoms with Crippen molar-refractivity contribution in [3.8, 4) is 0 Å². The van der Waals surface area contributed by atoms with E-state index in [2.05, 4.69) is 5.32 Å². The van der Waals surface area contributed by atoms with E-state index in [9.17, 15) is 4.79 Å². The van der Waals surface area contributed by atoms with Crippen molar-refractivity contribution in [1.29, 1.82) is 5.41 Å². The minimum atomic E-state index is -1.20. The molecule has 0 saturated carbocycles. The highest BCUT2D eigenvalue weighted by Crippen LogP contribution is 2.18. The van der Waals surface area contributed by atoms with Crippen LogP contribution < -0.4 is 5.32 Å². The first kappa shape index (κ1) is 20.6. The van der Waals surface area contributed by atoms with E-state index in [1.807, 2.05) is 32.0 Å². The third kappa shape index (κ3) is 13.5. The Labute approximate surface area is 123 Å². The number of benzene rings is 1. The molecule has 0 spiro atoms. The second kappa shape index (κ2) is 11.2. The number of amides is 1. The van der Waals surface area contributed by atoms with E-state index >= 15 is 0 Å². The SMILES string of the molecule is CC(=O)Nc1c(C)cccc1C.CC(=O)O.N=CC(=O)O. The van der Waals surface area contributed by atoms with Gasteiger partial charge < -0.3 is 20.9 Å². The zero-order valence-electron chi connectivity index (χ0n) is 12.4. The van der Waals surface area contributed by atoms with Crippen LogP contribution in [0.5, 0.6) is 0 Å². The maximum atomic E-state index is 10.8. The maximum absolute atomic E-state index is 10.8. The second-order valence-electron chi connectivity index (χ2n) is 3.95. The fourth-order valence-corrected chi connectivity index (χ4v) is 1.19. The zero-order valence-corrected chi connectivity index (χ0v) is 12.4. The monoisotopic (exact) mass is 296 g/mol. The largest absolute Gasteiger partial charge is 0.481 e. The van der Waals surface area contributed by atoms with Gasteiger partial charge in [-0.1, -0.05) is 18.2 Å². The Balaban J connectivity index is 0. The van der Waals surface area contributed by atoms with Gasteiger partial charge >= 0.3 is 5.97 Å². The summed E-state index contributed by atoms with van der Waals surface area (Å²) in [6.45, 7) is 6.57. The molecular weight excluding hydrogens is 276 g/mol. The summed E-state index contributed by atoms with van der Waals surface area (Å²) in [5.74, 6) is -2.06. The van der Waals surface area contributed by atoms with Crippen LogP contribution in [0.2, 0.25) is 0 Å². The number of rotatable bonds is 2. The van der Waals surface area contributed by atoms with E-state index < -0.39 is 11.9 Å². The minimum absolute atomic E-state index is 0.0209. The van der Waals surface area contributed by atoms with Crippen molar-refractivity contribution in [2.24, 2.45) is 0 Å². The van der Waals surface area contributed by atoms with Crippen molar-refractivity contribution >= 4 is 29.7 Å². The van der Waals surface area contributed by atoms with Gasteiger partial charge in [0.15, 0.2) is 0 Å². The van der Waals surface area contributed by atoms with Crippen LogP contribution >= 0.6 is 0 Å². The number of anilines is 1. The molecule has 0 fully saturated rings. The molecule has 7 nitrogen and oxygen atoms in total. The molecule has 21 heavy (non-hydrogen) atoms. The Hall–Kier alpha value is -2.70. The van der Waals surface area contributed by atoms with Crippen LogP contribution in [0.15, 0.2) is 18.2 Å². The molecule has 0 bridgehead atoms. The number of nitrogens with one attached hydrogen (secondary N) is 2. The topological polar surface area (TPSA) is 128 Å². The number of carboxylic acids is 2. The lowest BCUT2D eigenvalue weighted by Gasteiger charge is -2.08. The van der Waals surface area contributed by atoms with Crippen molar-refractivity contribution in [3.05, 3.63) is 29.3 Å². The molecular formula is C14H20N2O5. The summed E-state index contributed by atoms with van der Waals surface area (Å²) >= 11 is 0. The molecule has 0 heterocycles. The fraction of sp³-hybridized carbons (Fsp3) is 0.286. The molecule has 4 N–H and O–H groups in total. The normalized spacial score (nSPS) is 8.19. The first-order valence-corrected chi connectivity index (χ1v) is 5.88. The highest BCUT2D eigenvalue weighted by Gasteiger charge is 2.01. The van der Waals surface area contributed by atoms with Crippen molar-refractivity contribution in [2.45, 2.75) is 27.7 Å². The fourth-order valence-electron chi connectivity index (χ4n) is 1.19. The van der Waals surface area contributed by atoms with Crippen LogP contribution in [0.25, 0.3) is 0 Å². The summed E-state index contributed by atoms with van der Waals surface area (Å²) < 4.78 is 0. The van der Waals surface area contributed by atoms with Gasteiger partial charge in [-0.3, -0.25) is 9.59 Å². The molecule has 0 aromatic heterocycles. The van der Waals surface area contributed by atoms with Crippen LogP contribution in [-0.2, 0) is 14.4 Å². The van der Waals surface area contributed by atoms with Crippen LogP contribution in [0.3, 0.4) is 0 Å². The van der Waals surface area contributed by atoms with Crippen molar-refractivity contribution < 1.29 is 24.6 Å². The summed E-state index contributed by atoms with van der Waals surface area (Å²) in [4.78, 5) is 28.9. The average Bonchev–Trinajstić information content (AvgIpc) is 2.34. The molecule has 1 rings (SSSR count). The smallest absolute Gasteiger partial charge is 0.346 e. The predicted octanol–water partition coefficient (Wildman–Crippen LogP) is 2.07. The molecule has 0 unspecified atom stereocenters. The summed E-state index contributed by atoms with van der Waals surface area (Å²) in [5, 5.41) is 23.6. The lowest BCUT2D eigenvalue weighted by Crippen LogP contribution is -2.08. The predicted molar refractivity (Wildman–Crippen MR) is 79.9 cm³/mol. The molecule has 1 aromatic rings. The van der Waals surface area contributed by atoms with Crippen molar-refractivity contribution in [2.75, 3.05) is 5.32 Å². The highest BCUT2D eigenvalue weighted by molar-refractivity contribution is 6.20. The van der Waals surface area contributed by atoms with Gasteiger partial charge in [0.05, 0.1) is 0 Å². The summed E-state index contributed by atoms with van der Waals surface area (Å²) in [6.07, 6.45) is 0.333. The van der Waals surface area contributed by atoms with E-state index in [4.69, 9.17) is 25.2 Å². The van der Waals surface area contributed by atoms with E-state index in [1.165, 1.54) is 6.92 Å². The third-order valence-corrected chi connectivity index (χ3v) is 1.91. The molecule has 0 aliphatic carbocycles. The Morgan fingerprint density at radius 1 is 1.10 bits per heavy atom. The minimum Gasteiger partial charge on any atom is -0.481 e. The molecule has 7 heteroatoms. The number of carboxylic acid groups (broad SMARTS) is 2. The van der Waals surface area contributed by atoms with Gasteiger partial charge in [0.2, 0.25) is 5.91 Å². The van der Waals surface area contributed by atoms with E-state index in [0.29, 0.717) is 6.21 Å². The number of hydrogen-bond donors (Lipinski definition) is 4. The Bertz CT molecular complexity index is 488. The molecule has 0 atom stereocenters. The van der Waals surface area contributed by atoms with Crippen LogP contribution in [-0.4, -0.2) is 34.3 Å². The standard InChI is InChI=1S/C10H13NO.C2H3NO2.C2H4O2/c1-7-5-4-6-8(2)10(7)11-9(3)12;3-1-2(4)5;1-2(3)4/h4-6H,1-3H3,(H,11,12);1,3H,(H,4,5);1H3,(H,3,4). The number of aryl methyl sites for hydroxylation is 2. The average molecular weight is 296 g/mol. The van der Waals surface area contributed by atoms with Gasteiger partial charge in [-0.15, -0.1) is 0 Å². The van der Waals surface area contributed by atoms with Gasteiger partial charge in [-0.05, 0) is 25.0 Å². The summed E-state index contributed by atoms with van der Waals surface area (Å²) in [6, 6.07) is 5.95. The highest BCUT2D eigenvalue weighted by atomic mass is 16.4. The molecule has 0 saturated heterocycles. The van der Waals surface area contributed by atoms with Crippen molar-refractivity contribution in [1.82, 2.24) is 0 Å². The van der Waals surface area contributed by atoms with Gasteiger partial charge in [-0.25, -0.2) is 4.79 Å². The Morgan fingerprint density at radius 2 is 1.43 bits per heavy atom. The molecule has 0 aliphatic rings. The van der Waals surface area contributed by atoms with Gasteiger partial charge in [0.25, 0.3) is 5.97 Å². The van der Waals surface area contributed by atoms with E-state index in [1.54, 1.807) is 0 Å². The van der Waals surface area contributed by atoms with Crippen LogP contribution in [0.4, 0.5) is 5.69 Å². The van der Waals surface area contributed by atoms with Gasteiger partial charge in [0.1, 0.15) is 6.21 Å². The molecule has 116 valence electrons. The number of para-hydroxylation sites is 1. The maximum Gasteiger partial charge on any atom is 0.346 e. The number of aliphatic carboxylic acids is 2. The first-order valence-electron chi connectivity index (χ1n) is 5.88. The molecule has 1 amide bonds. The lowest BCUT2D eigenvalue weighted by molar-refractivity contribution is -0.134. The first-order chi connectivity index (χ1) is 9.61. The summed E-state index contributed by atoms with van der Waals surface area (Å²) in [5.41, 5.74) is 3.14. The van der Waals surface area contributed by atoms with E-state index in [-0.39, 0.29) is 5.91 Å². The lowest BCUT2D eigenvalue weighted by atomic mass is 10.1. The molecule has 0 aliphatic heterocycles. The zero-order chi connectivity index (χ0) is 17.0. The number of carbonyl (C=O) groups excluding carboxylic acids is 1.